The van der Waals surface area contributed by atoms with Crippen LogP contribution < -0.4 is 4.74 Å². The molecule has 2 aromatic carbocycles. The number of benzene rings is 2. The zero-order valence-electron chi connectivity index (χ0n) is 16.2. The Morgan fingerprint density at radius 3 is 2.71 bits per heavy atom. The van der Waals surface area contributed by atoms with Crippen molar-refractivity contribution in [3.63, 3.8) is 0 Å². The molecule has 2 aromatic rings. The van der Waals surface area contributed by atoms with Crippen LogP contribution in [0.15, 0.2) is 42.5 Å². The zero-order chi connectivity index (χ0) is 19.5. The van der Waals surface area contributed by atoms with Crippen LogP contribution in [0.25, 0.3) is 0 Å². The topological polar surface area (TPSA) is 38.8 Å². The van der Waals surface area contributed by atoms with Gasteiger partial charge in [0.15, 0.2) is 0 Å². The van der Waals surface area contributed by atoms with Crippen molar-refractivity contribution in [3.05, 3.63) is 64.7 Å². The number of hydrogen-bond acceptors (Lipinski definition) is 3. The Morgan fingerprint density at radius 2 is 1.93 bits per heavy atom. The van der Waals surface area contributed by atoms with Gasteiger partial charge in [0, 0.05) is 26.3 Å². The minimum atomic E-state index is -0.591. The third-order valence-corrected chi connectivity index (χ3v) is 5.60. The lowest BCUT2D eigenvalue weighted by Gasteiger charge is -2.22. The molecule has 1 saturated heterocycles. The predicted molar refractivity (Wildman–Crippen MR) is 105 cm³/mol. The third-order valence-electron chi connectivity index (χ3n) is 5.60. The van der Waals surface area contributed by atoms with Crippen molar-refractivity contribution >= 4 is 5.91 Å². The minimum absolute atomic E-state index is 0.0783. The summed E-state index contributed by atoms with van der Waals surface area (Å²) < 4.78 is 23.9. The lowest BCUT2D eigenvalue weighted by atomic mass is 9.90. The second-order valence-corrected chi connectivity index (χ2v) is 7.65. The van der Waals surface area contributed by atoms with Crippen LogP contribution in [0.1, 0.15) is 52.7 Å². The Bertz CT molecular complexity index is 847. The van der Waals surface area contributed by atoms with E-state index < -0.39 is 12.8 Å². The summed E-state index contributed by atoms with van der Waals surface area (Å²) in [6.07, 6.45) is 1.53. The van der Waals surface area contributed by atoms with E-state index in [2.05, 4.69) is 18.2 Å². The smallest absolute Gasteiger partial charge is 0.258 e. The fraction of sp³-hybridized carbons (Fsp3) is 0.435. The van der Waals surface area contributed by atoms with Gasteiger partial charge in [0.2, 0.25) is 0 Å². The van der Waals surface area contributed by atoms with E-state index in [1.807, 2.05) is 11.0 Å². The Hall–Kier alpha value is -2.40. The fourth-order valence-corrected chi connectivity index (χ4v) is 4.01. The number of amides is 1. The van der Waals surface area contributed by atoms with Crippen LogP contribution in [0.4, 0.5) is 4.39 Å². The van der Waals surface area contributed by atoms with Crippen LogP contribution in [-0.2, 0) is 17.8 Å². The molecule has 2 aliphatic rings. The maximum absolute atomic E-state index is 13.1. The molecule has 2 aliphatic heterocycles. The summed E-state index contributed by atoms with van der Waals surface area (Å²) in [7, 11) is 0. The highest BCUT2D eigenvalue weighted by atomic mass is 19.1. The number of carbonyl (C=O) groups excluding carboxylic acids is 1. The van der Waals surface area contributed by atoms with E-state index in [0.717, 1.165) is 26.1 Å². The van der Waals surface area contributed by atoms with Gasteiger partial charge in [-0.25, -0.2) is 4.39 Å². The zero-order valence-corrected chi connectivity index (χ0v) is 16.2. The average molecular weight is 383 g/mol. The first-order valence-corrected chi connectivity index (χ1v) is 9.96. The second-order valence-electron chi connectivity index (χ2n) is 7.65. The molecule has 4 nitrogen and oxygen atoms in total. The standard InChI is InChI=1S/C23H26FNO3/c1-16(13-24)28-22-5-3-2-4-21(22)23(26)25-14-19-7-6-18(12-20(19)15-25)17-8-10-27-11-9-17/h2-7,12,16-17H,8-11,13-15H2,1H3. The van der Waals surface area contributed by atoms with Gasteiger partial charge in [-0.3, -0.25) is 4.79 Å². The Kier molecular flexibility index (Phi) is 5.62. The van der Waals surface area contributed by atoms with E-state index in [4.69, 9.17) is 9.47 Å². The van der Waals surface area contributed by atoms with Crippen molar-refractivity contribution in [1.82, 2.24) is 4.90 Å². The van der Waals surface area contributed by atoms with Gasteiger partial charge in [-0.15, -0.1) is 0 Å². The van der Waals surface area contributed by atoms with E-state index in [0.29, 0.717) is 30.3 Å². The molecule has 0 spiro atoms. The quantitative estimate of drug-likeness (QED) is 0.764. The van der Waals surface area contributed by atoms with Gasteiger partial charge in [0.1, 0.15) is 18.5 Å². The van der Waals surface area contributed by atoms with E-state index in [-0.39, 0.29) is 5.91 Å². The van der Waals surface area contributed by atoms with Crippen molar-refractivity contribution < 1.29 is 18.7 Å². The first kappa shape index (κ1) is 18.9. The molecule has 1 atom stereocenters. The van der Waals surface area contributed by atoms with Gasteiger partial charge >= 0.3 is 0 Å². The highest BCUT2D eigenvalue weighted by Crippen LogP contribution is 2.33. The van der Waals surface area contributed by atoms with Crippen LogP contribution in [0.5, 0.6) is 5.75 Å². The van der Waals surface area contributed by atoms with Crippen molar-refractivity contribution in [2.45, 2.75) is 44.9 Å². The molecule has 1 unspecified atom stereocenters. The van der Waals surface area contributed by atoms with Crippen LogP contribution in [0, 0.1) is 0 Å². The predicted octanol–water partition coefficient (Wildman–Crippen LogP) is 4.47. The average Bonchev–Trinajstić information content (AvgIpc) is 3.17. The summed E-state index contributed by atoms with van der Waals surface area (Å²) in [6.45, 7) is 3.89. The van der Waals surface area contributed by atoms with Crippen molar-refractivity contribution in [2.24, 2.45) is 0 Å². The number of rotatable bonds is 5. The summed E-state index contributed by atoms with van der Waals surface area (Å²) in [5.74, 6) is 0.905. The molecule has 1 fully saturated rings. The van der Waals surface area contributed by atoms with Crippen LogP contribution in [0.2, 0.25) is 0 Å². The van der Waals surface area contributed by atoms with Crippen molar-refractivity contribution in [1.29, 1.82) is 0 Å². The minimum Gasteiger partial charge on any atom is -0.487 e. The number of halogens is 1. The number of fused-ring (bicyclic) bond motifs is 1. The van der Waals surface area contributed by atoms with Gasteiger partial charge in [0.25, 0.3) is 5.91 Å². The van der Waals surface area contributed by atoms with Gasteiger partial charge in [-0.1, -0.05) is 30.3 Å². The highest BCUT2D eigenvalue weighted by Gasteiger charge is 2.27. The van der Waals surface area contributed by atoms with Crippen LogP contribution >= 0.6 is 0 Å². The Balaban J connectivity index is 1.51. The molecule has 148 valence electrons. The highest BCUT2D eigenvalue weighted by molar-refractivity contribution is 5.97. The Morgan fingerprint density at radius 1 is 1.18 bits per heavy atom. The first-order chi connectivity index (χ1) is 13.7. The maximum Gasteiger partial charge on any atom is 0.258 e. The first-order valence-electron chi connectivity index (χ1n) is 9.96. The number of para-hydroxylation sites is 1. The molecule has 28 heavy (non-hydrogen) atoms. The van der Waals surface area contributed by atoms with Gasteiger partial charge in [-0.05, 0) is 54.5 Å². The molecule has 4 rings (SSSR count). The van der Waals surface area contributed by atoms with E-state index >= 15 is 0 Å². The van der Waals surface area contributed by atoms with Crippen molar-refractivity contribution in [2.75, 3.05) is 19.9 Å². The van der Waals surface area contributed by atoms with E-state index in [9.17, 15) is 9.18 Å². The summed E-state index contributed by atoms with van der Waals surface area (Å²) in [5, 5.41) is 0. The van der Waals surface area contributed by atoms with Gasteiger partial charge < -0.3 is 14.4 Å². The summed E-state index contributed by atoms with van der Waals surface area (Å²) in [6, 6.07) is 13.7. The third kappa shape index (κ3) is 3.90. The largest absolute Gasteiger partial charge is 0.487 e. The SMILES string of the molecule is CC(CF)Oc1ccccc1C(=O)N1Cc2ccc(C3CCOCC3)cc2C1. The number of nitrogens with zero attached hydrogens (tertiary/aromatic N) is 1. The van der Waals surface area contributed by atoms with Crippen molar-refractivity contribution in [3.8, 4) is 5.75 Å². The number of carbonyl (C=O) groups is 1. The lowest BCUT2D eigenvalue weighted by molar-refractivity contribution is 0.0743. The summed E-state index contributed by atoms with van der Waals surface area (Å²) in [4.78, 5) is 15.0. The molecule has 0 aromatic heterocycles. The summed E-state index contributed by atoms with van der Waals surface area (Å²) >= 11 is 0. The molecular formula is C23H26FNO3. The molecule has 0 radical (unpaired) electrons. The molecule has 0 saturated carbocycles. The fourth-order valence-electron chi connectivity index (χ4n) is 4.01. The number of alkyl halides is 1. The molecule has 1 amide bonds. The molecule has 0 N–H and O–H groups in total. The summed E-state index contributed by atoms with van der Waals surface area (Å²) in [5.41, 5.74) is 4.24. The molecular weight excluding hydrogens is 357 g/mol. The van der Waals surface area contributed by atoms with Crippen LogP contribution in [0.3, 0.4) is 0 Å². The second kappa shape index (κ2) is 8.31. The van der Waals surface area contributed by atoms with Crippen LogP contribution in [-0.4, -0.2) is 36.8 Å². The normalized spacial score (nSPS) is 18.0. The van der Waals surface area contributed by atoms with Gasteiger partial charge in [0.05, 0.1) is 5.56 Å². The van der Waals surface area contributed by atoms with Gasteiger partial charge in [-0.2, -0.15) is 0 Å². The number of ether oxygens (including phenoxy) is 2. The maximum atomic E-state index is 13.1. The monoisotopic (exact) mass is 383 g/mol. The lowest BCUT2D eigenvalue weighted by Crippen LogP contribution is -2.26. The molecule has 5 heteroatoms. The van der Waals surface area contributed by atoms with E-state index in [1.54, 1.807) is 25.1 Å². The molecule has 0 bridgehead atoms. The molecule has 0 aliphatic carbocycles. The number of hydrogen-bond donors (Lipinski definition) is 0. The molecule has 2 heterocycles. The van der Waals surface area contributed by atoms with E-state index in [1.165, 1.54) is 16.7 Å². The Labute approximate surface area is 165 Å².